The van der Waals surface area contributed by atoms with E-state index in [4.69, 9.17) is 0 Å². The molecule has 1 aromatic heterocycles. The third-order valence-electron chi connectivity index (χ3n) is 6.53. The van der Waals surface area contributed by atoms with E-state index in [2.05, 4.69) is 75.7 Å². The number of pyridine rings is 1. The summed E-state index contributed by atoms with van der Waals surface area (Å²) in [6.45, 7) is 9.02. The van der Waals surface area contributed by atoms with Gasteiger partial charge in [0.1, 0.15) is 7.05 Å². The highest BCUT2D eigenvalue weighted by atomic mass is 14.9. The van der Waals surface area contributed by atoms with Gasteiger partial charge in [-0.15, -0.1) is 0 Å². The van der Waals surface area contributed by atoms with Crippen LogP contribution in [0.4, 0.5) is 0 Å². The zero-order chi connectivity index (χ0) is 18.4. The minimum Gasteiger partial charge on any atom is -0.198 e. The lowest BCUT2D eigenvalue weighted by Crippen LogP contribution is -2.37. The van der Waals surface area contributed by atoms with Crippen LogP contribution in [0.1, 0.15) is 59.5 Å². The number of benzene rings is 2. The van der Waals surface area contributed by atoms with Crippen molar-refractivity contribution < 1.29 is 4.57 Å². The maximum atomic E-state index is 2.46. The van der Waals surface area contributed by atoms with E-state index in [-0.39, 0.29) is 0 Å². The van der Waals surface area contributed by atoms with E-state index in [1.807, 2.05) is 0 Å². The summed E-state index contributed by atoms with van der Waals surface area (Å²) in [5, 5.41) is 2.86. The summed E-state index contributed by atoms with van der Waals surface area (Å²) in [5.74, 6) is 0.723. The lowest BCUT2D eigenvalue weighted by molar-refractivity contribution is -0.666. The topological polar surface area (TPSA) is 3.88 Å². The van der Waals surface area contributed by atoms with Crippen molar-refractivity contribution >= 4 is 10.8 Å². The summed E-state index contributed by atoms with van der Waals surface area (Å²) < 4.78 is 2.46. The van der Waals surface area contributed by atoms with Gasteiger partial charge in [0.25, 0.3) is 0 Å². The lowest BCUT2D eigenvalue weighted by Gasteiger charge is -2.18. The number of nitrogens with zero attached hydrogens (tertiary/aromatic N) is 1. The van der Waals surface area contributed by atoms with Crippen molar-refractivity contribution in [3.05, 3.63) is 64.3 Å². The molecule has 0 bridgehead atoms. The van der Waals surface area contributed by atoms with Crippen LogP contribution in [-0.2, 0) is 7.05 Å². The molecule has 1 nitrogen and oxygen atoms in total. The average molecular weight is 345 g/mol. The van der Waals surface area contributed by atoms with Crippen molar-refractivity contribution in [2.75, 3.05) is 0 Å². The monoisotopic (exact) mass is 344 g/mol. The van der Waals surface area contributed by atoms with Gasteiger partial charge in [0.2, 0.25) is 5.69 Å². The molecule has 1 saturated carbocycles. The van der Waals surface area contributed by atoms with Crippen molar-refractivity contribution in [3.8, 4) is 11.3 Å². The molecule has 134 valence electrons. The third kappa shape index (κ3) is 2.65. The largest absolute Gasteiger partial charge is 0.220 e. The first-order valence-electron chi connectivity index (χ1n) is 9.98. The van der Waals surface area contributed by atoms with Gasteiger partial charge in [0.15, 0.2) is 5.69 Å². The summed E-state index contributed by atoms with van der Waals surface area (Å²) >= 11 is 0. The number of fused-ring (bicyclic) bond motifs is 1. The first kappa shape index (κ1) is 17.3. The second-order valence-electron chi connectivity index (χ2n) is 8.19. The number of aryl methyl sites for hydroxylation is 2. The molecule has 0 radical (unpaired) electrons. The van der Waals surface area contributed by atoms with E-state index in [1.165, 1.54) is 70.1 Å². The number of hydrogen-bond donors (Lipinski definition) is 0. The van der Waals surface area contributed by atoms with Gasteiger partial charge in [-0.25, -0.2) is 0 Å². The molecule has 0 aliphatic heterocycles. The Kier molecular flexibility index (Phi) is 4.34. The van der Waals surface area contributed by atoms with Crippen LogP contribution in [-0.4, -0.2) is 0 Å². The number of hydrogen-bond acceptors (Lipinski definition) is 0. The van der Waals surface area contributed by atoms with Gasteiger partial charge in [-0.05, 0) is 68.2 Å². The Bertz CT molecular complexity index is 991. The molecule has 0 amide bonds. The first-order chi connectivity index (χ1) is 12.5. The Labute approximate surface area is 157 Å². The molecule has 1 aliphatic carbocycles. The standard InChI is InChI=1S/C25H30N/c1-16-14-17(2)18(3)23(15-16)25-22-13-9-8-12-21(22)24(19(4)26(25)5)20-10-6-7-11-20/h8-9,12-15,20H,6-7,10-11H2,1-5H3/q+1. The van der Waals surface area contributed by atoms with Gasteiger partial charge in [0, 0.05) is 12.5 Å². The predicted octanol–water partition coefficient (Wildman–Crippen LogP) is 6.22. The minimum atomic E-state index is 0.723. The normalized spacial score (nSPS) is 15.1. The molecule has 0 spiro atoms. The molecule has 3 aromatic rings. The molecule has 0 N–H and O–H groups in total. The smallest absolute Gasteiger partial charge is 0.198 e. The zero-order valence-electron chi connectivity index (χ0n) is 16.8. The van der Waals surface area contributed by atoms with Crippen molar-refractivity contribution in [1.29, 1.82) is 0 Å². The Hall–Kier alpha value is -2.15. The molecule has 4 rings (SSSR count). The fraction of sp³-hybridized carbons (Fsp3) is 0.400. The molecular formula is C25H30N+. The quantitative estimate of drug-likeness (QED) is 0.486. The fourth-order valence-electron chi connectivity index (χ4n) is 4.99. The van der Waals surface area contributed by atoms with Crippen LogP contribution in [0, 0.1) is 27.7 Å². The highest BCUT2D eigenvalue weighted by Gasteiger charge is 2.29. The van der Waals surface area contributed by atoms with E-state index in [1.54, 1.807) is 5.56 Å². The van der Waals surface area contributed by atoms with E-state index in [9.17, 15) is 0 Å². The van der Waals surface area contributed by atoms with Crippen LogP contribution in [0.2, 0.25) is 0 Å². The lowest BCUT2D eigenvalue weighted by atomic mass is 9.88. The second kappa shape index (κ2) is 6.54. The Morgan fingerprint density at radius 3 is 2.23 bits per heavy atom. The van der Waals surface area contributed by atoms with Gasteiger partial charge in [-0.2, -0.15) is 4.57 Å². The maximum Gasteiger partial charge on any atom is 0.220 e. The molecule has 26 heavy (non-hydrogen) atoms. The number of aromatic nitrogens is 1. The summed E-state index contributed by atoms with van der Waals surface area (Å²) in [6.07, 6.45) is 5.43. The highest BCUT2D eigenvalue weighted by molar-refractivity contribution is 5.96. The van der Waals surface area contributed by atoms with Crippen LogP contribution in [0.3, 0.4) is 0 Å². The summed E-state index contributed by atoms with van der Waals surface area (Å²) in [4.78, 5) is 0. The third-order valence-corrected chi connectivity index (χ3v) is 6.53. The molecular weight excluding hydrogens is 314 g/mol. The molecule has 0 unspecified atom stereocenters. The van der Waals surface area contributed by atoms with Crippen molar-refractivity contribution in [1.82, 2.24) is 0 Å². The maximum absolute atomic E-state index is 2.46. The van der Waals surface area contributed by atoms with E-state index in [0.717, 1.165) is 5.92 Å². The Morgan fingerprint density at radius 1 is 0.885 bits per heavy atom. The molecule has 0 atom stereocenters. The van der Waals surface area contributed by atoms with Crippen molar-refractivity contribution in [2.45, 2.75) is 59.3 Å². The van der Waals surface area contributed by atoms with Crippen LogP contribution in [0.25, 0.3) is 22.0 Å². The second-order valence-corrected chi connectivity index (χ2v) is 8.19. The molecule has 1 heterocycles. The van der Waals surface area contributed by atoms with Crippen LogP contribution >= 0.6 is 0 Å². The number of rotatable bonds is 2. The summed E-state index contributed by atoms with van der Waals surface area (Å²) in [5.41, 5.74) is 9.87. The zero-order valence-corrected chi connectivity index (χ0v) is 16.8. The van der Waals surface area contributed by atoms with Gasteiger partial charge >= 0.3 is 0 Å². The van der Waals surface area contributed by atoms with Crippen LogP contribution < -0.4 is 4.57 Å². The van der Waals surface area contributed by atoms with Gasteiger partial charge in [-0.1, -0.05) is 42.7 Å². The van der Waals surface area contributed by atoms with Crippen LogP contribution in [0.5, 0.6) is 0 Å². The van der Waals surface area contributed by atoms with E-state index in [0.29, 0.717) is 0 Å². The highest BCUT2D eigenvalue weighted by Crippen LogP contribution is 2.41. The average Bonchev–Trinajstić information content (AvgIpc) is 3.14. The minimum absolute atomic E-state index is 0.723. The van der Waals surface area contributed by atoms with E-state index >= 15 is 0 Å². The fourth-order valence-corrected chi connectivity index (χ4v) is 4.99. The first-order valence-corrected chi connectivity index (χ1v) is 9.98. The van der Waals surface area contributed by atoms with Gasteiger partial charge < -0.3 is 0 Å². The Morgan fingerprint density at radius 2 is 1.54 bits per heavy atom. The van der Waals surface area contributed by atoms with Gasteiger partial charge in [0.05, 0.1) is 10.9 Å². The Balaban J connectivity index is 2.10. The van der Waals surface area contributed by atoms with E-state index < -0.39 is 0 Å². The molecule has 1 heteroatoms. The van der Waals surface area contributed by atoms with Gasteiger partial charge in [-0.3, -0.25) is 0 Å². The molecule has 2 aromatic carbocycles. The summed E-state index contributed by atoms with van der Waals surface area (Å²) in [7, 11) is 2.26. The molecule has 1 fully saturated rings. The van der Waals surface area contributed by atoms with Crippen molar-refractivity contribution in [3.63, 3.8) is 0 Å². The summed E-state index contributed by atoms with van der Waals surface area (Å²) in [6, 6.07) is 13.7. The SMILES string of the molecule is Cc1cc(C)c(C)c(-c2c3ccccc3c(C3CCCC3)c(C)[n+]2C)c1. The van der Waals surface area contributed by atoms with Crippen LogP contribution in [0.15, 0.2) is 36.4 Å². The van der Waals surface area contributed by atoms with Crippen molar-refractivity contribution in [2.24, 2.45) is 7.05 Å². The molecule has 0 saturated heterocycles. The molecule has 1 aliphatic rings. The predicted molar refractivity (Wildman–Crippen MR) is 111 cm³/mol.